The van der Waals surface area contributed by atoms with Crippen LogP contribution in [0.15, 0.2) is 0 Å². The first-order valence-corrected chi connectivity index (χ1v) is 5.10. The molecular weight excluding hydrogens is 178 g/mol. The number of carbonyl (C=O) groups excluding carboxylic acids is 1. The summed E-state index contributed by atoms with van der Waals surface area (Å²) in [5, 5.41) is 3.38. The van der Waals surface area contributed by atoms with Crippen molar-refractivity contribution in [2.24, 2.45) is 5.41 Å². The summed E-state index contributed by atoms with van der Waals surface area (Å²) in [5.74, 6) is -0.161. The molecule has 3 nitrogen and oxygen atoms in total. The number of methoxy groups -OCH3 is 1. The molecule has 0 radical (unpaired) electrons. The van der Waals surface area contributed by atoms with Gasteiger partial charge in [0.05, 0.1) is 13.5 Å². The first-order chi connectivity index (χ1) is 6.27. The SMILES string of the molecule is COC(=O)CC(C)NC(C)C(C)(C)C. The monoisotopic (exact) mass is 201 g/mol. The van der Waals surface area contributed by atoms with Crippen LogP contribution in [0.2, 0.25) is 0 Å². The molecule has 0 aromatic rings. The van der Waals surface area contributed by atoms with E-state index in [2.05, 4.69) is 37.7 Å². The molecule has 0 fully saturated rings. The largest absolute Gasteiger partial charge is 0.469 e. The van der Waals surface area contributed by atoms with Crippen LogP contribution in [0.25, 0.3) is 0 Å². The van der Waals surface area contributed by atoms with Gasteiger partial charge in [-0.25, -0.2) is 0 Å². The summed E-state index contributed by atoms with van der Waals surface area (Å²) in [6.45, 7) is 10.7. The molecule has 0 aromatic heterocycles. The molecule has 0 amide bonds. The fourth-order valence-corrected chi connectivity index (χ4v) is 1.07. The molecule has 14 heavy (non-hydrogen) atoms. The van der Waals surface area contributed by atoms with Gasteiger partial charge in [-0.15, -0.1) is 0 Å². The second kappa shape index (κ2) is 5.35. The lowest BCUT2D eigenvalue weighted by Crippen LogP contribution is -2.43. The molecule has 1 N–H and O–H groups in total. The van der Waals surface area contributed by atoms with Crippen molar-refractivity contribution in [1.29, 1.82) is 0 Å². The summed E-state index contributed by atoms with van der Waals surface area (Å²) in [4.78, 5) is 11.0. The Morgan fingerprint density at radius 1 is 1.36 bits per heavy atom. The molecule has 0 aliphatic carbocycles. The van der Waals surface area contributed by atoms with Crippen LogP contribution >= 0.6 is 0 Å². The second-order valence-corrected chi connectivity index (χ2v) is 4.94. The zero-order valence-corrected chi connectivity index (χ0v) is 10.2. The van der Waals surface area contributed by atoms with Gasteiger partial charge in [0.15, 0.2) is 0 Å². The minimum Gasteiger partial charge on any atom is -0.469 e. The lowest BCUT2D eigenvalue weighted by Gasteiger charge is -2.30. The number of rotatable bonds is 4. The Morgan fingerprint density at radius 2 is 1.86 bits per heavy atom. The molecule has 2 atom stereocenters. The third kappa shape index (κ3) is 5.22. The first kappa shape index (κ1) is 13.4. The molecule has 0 bridgehead atoms. The van der Waals surface area contributed by atoms with Gasteiger partial charge in [0.2, 0.25) is 0 Å². The van der Waals surface area contributed by atoms with Crippen LogP contribution < -0.4 is 5.32 Å². The van der Waals surface area contributed by atoms with Crippen molar-refractivity contribution in [2.75, 3.05) is 7.11 Å². The number of ether oxygens (including phenoxy) is 1. The maximum Gasteiger partial charge on any atom is 0.307 e. The Morgan fingerprint density at radius 3 is 2.21 bits per heavy atom. The van der Waals surface area contributed by atoms with Gasteiger partial charge in [0, 0.05) is 12.1 Å². The van der Waals surface area contributed by atoms with Crippen molar-refractivity contribution in [3.8, 4) is 0 Å². The van der Waals surface area contributed by atoms with E-state index in [4.69, 9.17) is 0 Å². The van der Waals surface area contributed by atoms with Gasteiger partial charge in [-0.05, 0) is 19.3 Å². The van der Waals surface area contributed by atoms with Gasteiger partial charge in [0.1, 0.15) is 0 Å². The highest BCUT2D eigenvalue weighted by Gasteiger charge is 2.22. The van der Waals surface area contributed by atoms with Crippen LogP contribution in [0.1, 0.15) is 41.0 Å². The van der Waals surface area contributed by atoms with E-state index in [0.717, 1.165) is 0 Å². The molecule has 0 spiro atoms. The van der Waals surface area contributed by atoms with Gasteiger partial charge < -0.3 is 10.1 Å². The van der Waals surface area contributed by atoms with E-state index >= 15 is 0 Å². The summed E-state index contributed by atoms with van der Waals surface area (Å²) in [7, 11) is 1.42. The minimum atomic E-state index is -0.161. The Kier molecular flexibility index (Phi) is 5.13. The van der Waals surface area contributed by atoms with Crippen molar-refractivity contribution >= 4 is 5.97 Å². The van der Waals surface area contributed by atoms with Gasteiger partial charge in [-0.3, -0.25) is 4.79 Å². The van der Waals surface area contributed by atoms with Crippen molar-refractivity contribution in [3.05, 3.63) is 0 Å². The molecule has 0 heterocycles. The van der Waals surface area contributed by atoms with Crippen LogP contribution in [-0.2, 0) is 9.53 Å². The molecule has 2 unspecified atom stereocenters. The van der Waals surface area contributed by atoms with E-state index in [1.165, 1.54) is 7.11 Å². The Balaban J connectivity index is 3.94. The van der Waals surface area contributed by atoms with Crippen LogP contribution in [-0.4, -0.2) is 25.2 Å². The smallest absolute Gasteiger partial charge is 0.307 e. The highest BCUT2D eigenvalue weighted by atomic mass is 16.5. The molecule has 0 rings (SSSR count). The number of carbonyl (C=O) groups is 1. The third-order valence-corrected chi connectivity index (χ3v) is 2.53. The first-order valence-electron chi connectivity index (χ1n) is 5.10. The van der Waals surface area contributed by atoms with Crippen molar-refractivity contribution in [2.45, 2.75) is 53.1 Å². The normalized spacial score (nSPS) is 16.1. The van der Waals surface area contributed by atoms with Gasteiger partial charge in [0.25, 0.3) is 0 Å². The zero-order valence-electron chi connectivity index (χ0n) is 10.2. The fourth-order valence-electron chi connectivity index (χ4n) is 1.07. The number of esters is 1. The molecule has 3 heteroatoms. The topological polar surface area (TPSA) is 38.3 Å². The van der Waals surface area contributed by atoms with Crippen LogP contribution in [0.4, 0.5) is 0 Å². The molecule has 0 saturated carbocycles. The Hall–Kier alpha value is -0.570. The van der Waals surface area contributed by atoms with E-state index < -0.39 is 0 Å². The van der Waals surface area contributed by atoms with Crippen molar-refractivity contribution < 1.29 is 9.53 Å². The predicted octanol–water partition coefficient (Wildman–Crippen LogP) is 1.96. The summed E-state index contributed by atoms with van der Waals surface area (Å²) in [5.41, 5.74) is 0.213. The third-order valence-electron chi connectivity index (χ3n) is 2.53. The van der Waals surface area contributed by atoms with Crippen molar-refractivity contribution in [3.63, 3.8) is 0 Å². The highest BCUT2D eigenvalue weighted by molar-refractivity contribution is 5.69. The molecule has 84 valence electrons. The van der Waals surface area contributed by atoms with Crippen LogP contribution in [0.5, 0.6) is 0 Å². The zero-order chi connectivity index (χ0) is 11.4. The predicted molar refractivity (Wildman–Crippen MR) is 58.1 cm³/mol. The van der Waals surface area contributed by atoms with Crippen LogP contribution in [0, 0.1) is 5.41 Å². The maximum absolute atomic E-state index is 11.0. The molecule has 0 aliphatic rings. The average Bonchev–Trinajstić information content (AvgIpc) is 2.02. The summed E-state index contributed by atoms with van der Waals surface area (Å²) < 4.78 is 4.61. The Bertz CT molecular complexity index is 184. The fraction of sp³-hybridized carbons (Fsp3) is 0.909. The minimum absolute atomic E-state index is 0.161. The summed E-state index contributed by atoms with van der Waals surface area (Å²) >= 11 is 0. The number of hydrogen-bond acceptors (Lipinski definition) is 3. The van der Waals surface area contributed by atoms with Gasteiger partial charge in [-0.1, -0.05) is 20.8 Å². The molecule has 0 saturated heterocycles. The van der Waals surface area contributed by atoms with E-state index in [1.807, 2.05) is 6.92 Å². The van der Waals surface area contributed by atoms with E-state index in [1.54, 1.807) is 0 Å². The van der Waals surface area contributed by atoms with Gasteiger partial charge in [-0.2, -0.15) is 0 Å². The van der Waals surface area contributed by atoms with Gasteiger partial charge >= 0.3 is 5.97 Å². The Labute approximate surface area is 87.2 Å². The number of hydrogen-bond donors (Lipinski definition) is 1. The average molecular weight is 201 g/mol. The lowest BCUT2D eigenvalue weighted by molar-refractivity contribution is -0.141. The molecule has 0 aliphatic heterocycles. The standard InChI is InChI=1S/C11H23NO2/c1-8(7-10(13)14-6)12-9(2)11(3,4)5/h8-9,12H,7H2,1-6H3. The lowest BCUT2D eigenvalue weighted by atomic mass is 9.87. The molecular formula is C11H23NO2. The summed E-state index contributed by atoms with van der Waals surface area (Å²) in [6, 6.07) is 0.541. The van der Waals surface area contributed by atoms with Crippen molar-refractivity contribution in [1.82, 2.24) is 5.32 Å². The maximum atomic E-state index is 11.0. The summed E-state index contributed by atoms with van der Waals surface area (Å²) in [6.07, 6.45) is 0.428. The van der Waals surface area contributed by atoms with Crippen LogP contribution in [0.3, 0.4) is 0 Å². The molecule has 0 aromatic carbocycles. The quantitative estimate of drug-likeness (QED) is 0.707. The van der Waals surface area contributed by atoms with E-state index in [0.29, 0.717) is 12.5 Å². The van der Waals surface area contributed by atoms with E-state index in [-0.39, 0.29) is 17.4 Å². The van der Waals surface area contributed by atoms with E-state index in [9.17, 15) is 4.79 Å². The number of nitrogens with one attached hydrogen (secondary N) is 1. The highest BCUT2D eigenvalue weighted by Crippen LogP contribution is 2.19. The second-order valence-electron chi connectivity index (χ2n) is 4.94.